The van der Waals surface area contributed by atoms with Gasteiger partial charge < -0.3 is 14.2 Å². The van der Waals surface area contributed by atoms with Crippen molar-refractivity contribution in [1.82, 2.24) is 14.1 Å². The Morgan fingerprint density at radius 1 is 0.756 bits per heavy atom. The van der Waals surface area contributed by atoms with Crippen molar-refractivity contribution in [2.75, 3.05) is 7.11 Å². The molecule has 6 rings (SSSR count). The highest BCUT2D eigenvalue weighted by atomic mass is 16.5. The first-order chi connectivity index (χ1) is 21.9. The lowest BCUT2D eigenvalue weighted by atomic mass is 9.98. The maximum absolute atomic E-state index is 13.8. The number of nitrogens with zero attached hydrogens (tertiary/aromatic N) is 3. The minimum absolute atomic E-state index is 0.220. The zero-order chi connectivity index (χ0) is 31.3. The second kappa shape index (κ2) is 12.9. The lowest BCUT2D eigenvalue weighted by Gasteiger charge is -2.14. The summed E-state index contributed by atoms with van der Waals surface area (Å²) in [5.41, 5.74) is 7.60. The number of carbonyl (C=O) groups excluding carboxylic acids is 1. The zero-order valence-corrected chi connectivity index (χ0v) is 25.4. The summed E-state index contributed by atoms with van der Waals surface area (Å²) in [6.45, 7) is 2.60. The molecule has 226 valence electrons. The standard InChI is InChI=1S/C37H33N3O5/c1-25-20-29(15-14-28(25)22-35(41)43-3)30-16-17-31-33(21-30)39(2)37(42)40(31)32-18-19-34(44-23-26-10-6-4-7-11-26)38-36(32)45-24-27-12-8-5-9-13-27/h4-21H,22-24H2,1-3H3. The Hall–Kier alpha value is -5.63. The molecule has 0 spiro atoms. The van der Waals surface area contributed by atoms with Gasteiger partial charge in [0.1, 0.15) is 18.9 Å². The number of imidazole rings is 1. The third kappa shape index (κ3) is 6.35. The molecule has 0 aliphatic carbocycles. The topological polar surface area (TPSA) is 84.6 Å². The predicted molar refractivity (Wildman–Crippen MR) is 174 cm³/mol. The van der Waals surface area contributed by atoms with E-state index in [9.17, 15) is 9.59 Å². The van der Waals surface area contributed by atoms with Crippen LogP contribution in [0.15, 0.2) is 114 Å². The van der Waals surface area contributed by atoms with Crippen LogP contribution in [0.4, 0.5) is 0 Å². The van der Waals surface area contributed by atoms with Crippen LogP contribution in [0.1, 0.15) is 22.3 Å². The molecule has 0 bridgehead atoms. The number of hydrogen-bond donors (Lipinski definition) is 0. The van der Waals surface area contributed by atoms with Crippen LogP contribution in [-0.4, -0.2) is 27.2 Å². The van der Waals surface area contributed by atoms with Gasteiger partial charge in [-0.2, -0.15) is 4.98 Å². The van der Waals surface area contributed by atoms with Gasteiger partial charge in [0.25, 0.3) is 0 Å². The molecule has 2 heterocycles. The van der Waals surface area contributed by atoms with E-state index in [1.165, 1.54) is 7.11 Å². The normalized spacial score (nSPS) is 11.0. The highest BCUT2D eigenvalue weighted by molar-refractivity contribution is 5.84. The Bertz CT molecular complexity index is 2030. The summed E-state index contributed by atoms with van der Waals surface area (Å²) >= 11 is 0. The number of benzene rings is 4. The first-order valence-electron chi connectivity index (χ1n) is 14.6. The fourth-order valence-electron chi connectivity index (χ4n) is 5.28. The zero-order valence-electron chi connectivity index (χ0n) is 25.4. The van der Waals surface area contributed by atoms with Gasteiger partial charge in [-0.25, -0.2) is 4.79 Å². The number of aromatic nitrogens is 3. The van der Waals surface area contributed by atoms with Crippen molar-refractivity contribution in [2.24, 2.45) is 7.05 Å². The van der Waals surface area contributed by atoms with E-state index < -0.39 is 0 Å². The molecule has 0 fully saturated rings. The van der Waals surface area contributed by atoms with E-state index in [0.717, 1.165) is 44.4 Å². The summed E-state index contributed by atoms with van der Waals surface area (Å²) in [5.74, 6) is 0.410. The van der Waals surface area contributed by atoms with Crippen molar-refractivity contribution in [3.63, 3.8) is 0 Å². The minimum atomic E-state index is -0.277. The summed E-state index contributed by atoms with van der Waals surface area (Å²) in [7, 11) is 3.14. The van der Waals surface area contributed by atoms with E-state index in [4.69, 9.17) is 19.2 Å². The predicted octanol–water partition coefficient (Wildman–Crippen LogP) is 6.57. The monoisotopic (exact) mass is 599 g/mol. The molecule has 0 unspecified atom stereocenters. The molecule has 6 aromatic rings. The molecule has 0 amide bonds. The third-order valence-electron chi connectivity index (χ3n) is 7.80. The highest BCUT2D eigenvalue weighted by Crippen LogP contribution is 2.31. The van der Waals surface area contributed by atoms with Gasteiger partial charge in [-0.3, -0.25) is 13.9 Å². The molecule has 0 N–H and O–H groups in total. The maximum Gasteiger partial charge on any atom is 0.333 e. The summed E-state index contributed by atoms with van der Waals surface area (Å²) in [5, 5.41) is 0. The Kier molecular flexibility index (Phi) is 8.46. The molecule has 8 heteroatoms. The quantitative estimate of drug-likeness (QED) is 0.166. The van der Waals surface area contributed by atoms with Crippen molar-refractivity contribution >= 4 is 17.0 Å². The number of pyridine rings is 1. The van der Waals surface area contributed by atoms with Crippen LogP contribution < -0.4 is 15.2 Å². The van der Waals surface area contributed by atoms with E-state index >= 15 is 0 Å². The number of fused-ring (bicyclic) bond motifs is 1. The minimum Gasteiger partial charge on any atom is -0.473 e. The van der Waals surface area contributed by atoms with E-state index in [1.807, 2.05) is 110 Å². The van der Waals surface area contributed by atoms with Crippen molar-refractivity contribution in [1.29, 1.82) is 0 Å². The van der Waals surface area contributed by atoms with Crippen LogP contribution in [0.25, 0.3) is 27.8 Å². The molecule has 0 saturated carbocycles. The molecule has 0 saturated heterocycles. The van der Waals surface area contributed by atoms with Crippen LogP contribution in [-0.2, 0) is 36.2 Å². The highest BCUT2D eigenvalue weighted by Gasteiger charge is 2.19. The smallest absolute Gasteiger partial charge is 0.333 e. The fraction of sp³-hybridized carbons (Fsp3) is 0.162. The first kappa shape index (κ1) is 29.4. The molecular formula is C37H33N3O5. The number of rotatable bonds is 10. The molecule has 0 aliphatic heterocycles. The van der Waals surface area contributed by atoms with Gasteiger partial charge in [-0.05, 0) is 58.5 Å². The Labute approximate surface area is 261 Å². The van der Waals surface area contributed by atoms with Crippen LogP contribution in [0.2, 0.25) is 0 Å². The number of carbonyl (C=O) groups is 1. The maximum atomic E-state index is 13.8. The van der Waals surface area contributed by atoms with E-state index in [2.05, 4.69) is 0 Å². The van der Waals surface area contributed by atoms with Crippen molar-refractivity contribution < 1.29 is 19.0 Å². The van der Waals surface area contributed by atoms with Gasteiger partial charge in [0.15, 0.2) is 0 Å². The van der Waals surface area contributed by atoms with Crippen LogP contribution >= 0.6 is 0 Å². The van der Waals surface area contributed by atoms with E-state index in [-0.39, 0.29) is 24.7 Å². The summed E-state index contributed by atoms with van der Waals surface area (Å²) in [4.78, 5) is 30.2. The Balaban J connectivity index is 1.37. The van der Waals surface area contributed by atoms with Crippen molar-refractivity contribution in [3.05, 3.63) is 142 Å². The third-order valence-corrected chi connectivity index (χ3v) is 7.80. The largest absolute Gasteiger partial charge is 0.473 e. The van der Waals surface area contributed by atoms with E-state index in [1.54, 1.807) is 22.2 Å². The number of ether oxygens (including phenoxy) is 3. The number of esters is 1. The summed E-state index contributed by atoms with van der Waals surface area (Å²) in [6, 6.07) is 35.1. The summed E-state index contributed by atoms with van der Waals surface area (Å²) in [6.07, 6.45) is 0.220. The lowest BCUT2D eigenvalue weighted by Crippen LogP contribution is -2.21. The van der Waals surface area contributed by atoms with Crippen LogP contribution in [0, 0.1) is 6.92 Å². The summed E-state index contributed by atoms with van der Waals surface area (Å²) < 4.78 is 20.3. The molecule has 0 radical (unpaired) electrons. The molecule has 8 nitrogen and oxygen atoms in total. The Morgan fingerprint density at radius 3 is 2.07 bits per heavy atom. The second-order valence-electron chi connectivity index (χ2n) is 10.8. The van der Waals surface area contributed by atoms with Crippen LogP contribution in [0.3, 0.4) is 0 Å². The van der Waals surface area contributed by atoms with Gasteiger partial charge in [0, 0.05) is 13.1 Å². The number of aryl methyl sites for hydroxylation is 2. The van der Waals surface area contributed by atoms with Gasteiger partial charge >= 0.3 is 11.7 Å². The number of methoxy groups -OCH3 is 1. The Morgan fingerprint density at radius 2 is 1.40 bits per heavy atom. The van der Waals surface area contributed by atoms with Crippen molar-refractivity contribution in [2.45, 2.75) is 26.6 Å². The van der Waals surface area contributed by atoms with Gasteiger partial charge in [0.05, 0.1) is 24.6 Å². The molecular weight excluding hydrogens is 566 g/mol. The van der Waals surface area contributed by atoms with Gasteiger partial charge in [-0.1, -0.05) is 84.9 Å². The molecule has 0 aliphatic rings. The molecule has 45 heavy (non-hydrogen) atoms. The van der Waals surface area contributed by atoms with Crippen LogP contribution in [0.5, 0.6) is 11.8 Å². The van der Waals surface area contributed by atoms with Gasteiger partial charge in [0.2, 0.25) is 11.8 Å². The van der Waals surface area contributed by atoms with Crippen molar-refractivity contribution in [3.8, 4) is 28.6 Å². The van der Waals surface area contributed by atoms with E-state index in [0.29, 0.717) is 24.1 Å². The number of hydrogen-bond acceptors (Lipinski definition) is 6. The van der Waals surface area contributed by atoms with Gasteiger partial charge in [-0.15, -0.1) is 0 Å². The lowest BCUT2D eigenvalue weighted by molar-refractivity contribution is -0.139. The molecule has 2 aromatic heterocycles. The average molecular weight is 600 g/mol. The molecule has 0 atom stereocenters. The average Bonchev–Trinajstić information content (AvgIpc) is 3.32. The fourth-order valence-corrected chi connectivity index (χ4v) is 5.28. The second-order valence-corrected chi connectivity index (χ2v) is 10.8. The SMILES string of the molecule is COC(=O)Cc1ccc(-c2ccc3c(c2)n(C)c(=O)n3-c2ccc(OCc3ccccc3)nc2OCc2ccccc2)cc1C. The molecule has 4 aromatic carbocycles. The first-order valence-corrected chi connectivity index (χ1v) is 14.6.